The number of aryl methyl sites for hydroxylation is 1. The van der Waals surface area contributed by atoms with Crippen LogP contribution in [0.3, 0.4) is 0 Å². The highest BCUT2D eigenvalue weighted by molar-refractivity contribution is 7.99. The summed E-state index contributed by atoms with van der Waals surface area (Å²) in [5, 5.41) is 12.4. The van der Waals surface area contributed by atoms with Crippen LogP contribution in [0, 0.1) is 6.92 Å². The third-order valence-corrected chi connectivity index (χ3v) is 5.21. The predicted octanol–water partition coefficient (Wildman–Crippen LogP) is 2.74. The summed E-state index contributed by atoms with van der Waals surface area (Å²) in [5.74, 6) is 1.62. The van der Waals surface area contributed by atoms with Gasteiger partial charge in [0.05, 0.1) is 20.0 Å². The fourth-order valence-corrected chi connectivity index (χ4v) is 3.58. The van der Waals surface area contributed by atoms with Gasteiger partial charge in [0.2, 0.25) is 11.1 Å². The lowest BCUT2D eigenvalue weighted by atomic mass is 10.2. The normalized spacial score (nSPS) is 10.6. The first kappa shape index (κ1) is 20.7. The monoisotopic (exact) mass is 413 g/mol. The zero-order valence-corrected chi connectivity index (χ0v) is 17.6. The molecule has 0 bridgehead atoms. The van der Waals surface area contributed by atoms with E-state index >= 15 is 0 Å². The summed E-state index contributed by atoms with van der Waals surface area (Å²) >= 11 is 1.28. The Bertz CT molecular complexity index is 992. The Kier molecular flexibility index (Phi) is 6.71. The van der Waals surface area contributed by atoms with Crippen LogP contribution in [-0.2, 0) is 11.3 Å². The quantitative estimate of drug-likeness (QED) is 0.525. The van der Waals surface area contributed by atoms with Crippen molar-refractivity contribution in [2.75, 3.05) is 27.0 Å². The average molecular weight is 414 g/mol. The van der Waals surface area contributed by atoms with Gasteiger partial charge in [-0.05, 0) is 52.7 Å². The number of nitrogens with zero attached hydrogens (tertiary/aromatic N) is 5. The Balaban J connectivity index is 1.67. The first-order chi connectivity index (χ1) is 14.0. The van der Waals surface area contributed by atoms with E-state index in [1.54, 1.807) is 30.8 Å². The van der Waals surface area contributed by atoms with E-state index in [1.165, 1.54) is 11.8 Å². The van der Waals surface area contributed by atoms with Gasteiger partial charge in [0, 0.05) is 13.6 Å². The molecule has 152 valence electrons. The summed E-state index contributed by atoms with van der Waals surface area (Å²) < 4.78 is 12.2. The van der Waals surface area contributed by atoms with Gasteiger partial charge >= 0.3 is 0 Å². The molecule has 0 atom stereocenters. The number of methoxy groups -OCH3 is 2. The topological polar surface area (TPSA) is 82.4 Å². The van der Waals surface area contributed by atoms with E-state index in [1.807, 2.05) is 49.4 Å². The molecule has 0 unspecified atom stereocenters. The SMILES string of the molecule is COc1cccc(CN(C)C(=O)CSc2nnnn2-c2cc(C)ccc2OC)c1. The summed E-state index contributed by atoms with van der Waals surface area (Å²) in [5.41, 5.74) is 2.79. The number of hydrogen-bond acceptors (Lipinski definition) is 7. The lowest BCUT2D eigenvalue weighted by Gasteiger charge is -2.17. The van der Waals surface area contributed by atoms with Gasteiger partial charge < -0.3 is 14.4 Å². The Hall–Kier alpha value is -3.07. The van der Waals surface area contributed by atoms with Crippen molar-refractivity contribution in [1.82, 2.24) is 25.1 Å². The van der Waals surface area contributed by atoms with Crippen LogP contribution in [-0.4, -0.2) is 58.0 Å². The van der Waals surface area contributed by atoms with Gasteiger partial charge in [-0.15, -0.1) is 5.10 Å². The maximum atomic E-state index is 12.6. The second kappa shape index (κ2) is 9.42. The maximum Gasteiger partial charge on any atom is 0.233 e. The molecule has 0 saturated carbocycles. The van der Waals surface area contributed by atoms with E-state index in [0.717, 1.165) is 22.6 Å². The molecule has 29 heavy (non-hydrogen) atoms. The van der Waals surface area contributed by atoms with Gasteiger partial charge in [-0.3, -0.25) is 4.79 Å². The summed E-state index contributed by atoms with van der Waals surface area (Å²) in [4.78, 5) is 14.3. The molecule has 1 amide bonds. The highest BCUT2D eigenvalue weighted by atomic mass is 32.2. The molecule has 0 N–H and O–H groups in total. The largest absolute Gasteiger partial charge is 0.497 e. The molecular weight excluding hydrogens is 390 g/mol. The number of benzene rings is 2. The molecule has 0 radical (unpaired) electrons. The number of carbonyl (C=O) groups is 1. The molecule has 0 spiro atoms. The fourth-order valence-electron chi connectivity index (χ4n) is 2.75. The number of hydrogen-bond donors (Lipinski definition) is 0. The smallest absolute Gasteiger partial charge is 0.233 e. The van der Waals surface area contributed by atoms with E-state index < -0.39 is 0 Å². The number of aromatic nitrogens is 4. The zero-order chi connectivity index (χ0) is 20.8. The molecular formula is C20H23N5O3S. The van der Waals surface area contributed by atoms with Crippen LogP contribution in [0.15, 0.2) is 47.6 Å². The third kappa shape index (κ3) is 5.05. The van der Waals surface area contributed by atoms with Crippen molar-refractivity contribution in [2.24, 2.45) is 0 Å². The van der Waals surface area contributed by atoms with Crippen LogP contribution in [0.2, 0.25) is 0 Å². The van der Waals surface area contributed by atoms with E-state index in [2.05, 4.69) is 15.5 Å². The number of thioether (sulfide) groups is 1. The molecule has 1 heterocycles. The molecule has 9 heteroatoms. The summed E-state index contributed by atoms with van der Waals surface area (Å²) in [6.45, 7) is 2.48. The van der Waals surface area contributed by atoms with Crippen molar-refractivity contribution in [3.05, 3.63) is 53.6 Å². The predicted molar refractivity (Wildman–Crippen MR) is 111 cm³/mol. The average Bonchev–Trinajstić information content (AvgIpc) is 3.20. The van der Waals surface area contributed by atoms with Crippen LogP contribution in [0.4, 0.5) is 0 Å². The maximum absolute atomic E-state index is 12.6. The minimum atomic E-state index is -0.0245. The van der Waals surface area contributed by atoms with E-state index in [-0.39, 0.29) is 11.7 Å². The van der Waals surface area contributed by atoms with Crippen molar-refractivity contribution < 1.29 is 14.3 Å². The number of amides is 1. The fraction of sp³-hybridized carbons (Fsp3) is 0.300. The van der Waals surface area contributed by atoms with E-state index in [4.69, 9.17) is 9.47 Å². The van der Waals surface area contributed by atoms with Gasteiger partial charge in [-0.2, -0.15) is 4.68 Å². The molecule has 2 aromatic carbocycles. The first-order valence-corrected chi connectivity index (χ1v) is 9.93. The molecule has 8 nitrogen and oxygen atoms in total. The standard InChI is InChI=1S/C20H23N5O3S/c1-14-8-9-18(28-4)17(10-14)25-20(21-22-23-25)29-13-19(26)24(2)12-15-6-5-7-16(11-15)27-3/h5-11H,12-13H2,1-4H3. The highest BCUT2D eigenvalue weighted by Crippen LogP contribution is 2.27. The van der Waals surface area contributed by atoms with Crippen LogP contribution >= 0.6 is 11.8 Å². The molecule has 0 saturated heterocycles. The highest BCUT2D eigenvalue weighted by Gasteiger charge is 2.17. The Labute approximate surface area is 173 Å². The minimum Gasteiger partial charge on any atom is -0.497 e. The molecule has 3 aromatic rings. The minimum absolute atomic E-state index is 0.0245. The zero-order valence-electron chi connectivity index (χ0n) is 16.8. The van der Waals surface area contributed by atoms with E-state index in [0.29, 0.717) is 17.5 Å². The molecule has 0 aliphatic carbocycles. The Morgan fingerprint density at radius 3 is 2.76 bits per heavy atom. The van der Waals surface area contributed by atoms with Crippen LogP contribution < -0.4 is 9.47 Å². The van der Waals surface area contributed by atoms with Gasteiger partial charge in [-0.25, -0.2) is 0 Å². The number of tetrazole rings is 1. The molecule has 1 aromatic heterocycles. The van der Waals surface area contributed by atoms with Crippen LogP contribution in [0.1, 0.15) is 11.1 Å². The Morgan fingerprint density at radius 1 is 1.17 bits per heavy atom. The van der Waals surface area contributed by atoms with Gasteiger partial charge in [0.25, 0.3) is 0 Å². The number of ether oxygens (including phenoxy) is 2. The van der Waals surface area contributed by atoms with Crippen molar-refractivity contribution in [2.45, 2.75) is 18.6 Å². The second-order valence-corrected chi connectivity index (χ2v) is 7.38. The Morgan fingerprint density at radius 2 is 2.00 bits per heavy atom. The van der Waals surface area contributed by atoms with Crippen molar-refractivity contribution >= 4 is 17.7 Å². The lowest BCUT2D eigenvalue weighted by molar-refractivity contribution is -0.127. The van der Waals surface area contributed by atoms with Gasteiger partial charge in [-0.1, -0.05) is 30.0 Å². The summed E-state index contributed by atoms with van der Waals surface area (Å²) in [6, 6.07) is 13.4. The number of carbonyl (C=O) groups excluding carboxylic acids is 1. The van der Waals surface area contributed by atoms with Gasteiger partial charge in [0.1, 0.15) is 17.2 Å². The van der Waals surface area contributed by atoms with Crippen molar-refractivity contribution in [3.63, 3.8) is 0 Å². The van der Waals surface area contributed by atoms with Crippen molar-refractivity contribution in [1.29, 1.82) is 0 Å². The molecule has 3 rings (SSSR count). The van der Waals surface area contributed by atoms with Crippen LogP contribution in [0.25, 0.3) is 5.69 Å². The second-order valence-electron chi connectivity index (χ2n) is 6.44. The summed E-state index contributed by atoms with van der Waals surface area (Å²) in [7, 11) is 5.00. The first-order valence-electron chi connectivity index (χ1n) is 8.95. The molecule has 0 aliphatic heterocycles. The number of rotatable bonds is 8. The van der Waals surface area contributed by atoms with Gasteiger partial charge in [0.15, 0.2) is 0 Å². The van der Waals surface area contributed by atoms with E-state index in [9.17, 15) is 4.79 Å². The third-order valence-electron chi connectivity index (χ3n) is 4.31. The van der Waals surface area contributed by atoms with Crippen molar-refractivity contribution in [3.8, 4) is 17.2 Å². The van der Waals surface area contributed by atoms with Crippen LogP contribution in [0.5, 0.6) is 11.5 Å². The molecule has 0 aliphatic rings. The lowest BCUT2D eigenvalue weighted by Crippen LogP contribution is -2.27. The summed E-state index contributed by atoms with van der Waals surface area (Å²) in [6.07, 6.45) is 0. The molecule has 0 fully saturated rings.